The Bertz CT molecular complexity index is 920. The van der Waals surface area contributed by atoms with Crippen molar-refractivity contribution in [3.05, 3.63) is 68.2 Å². The number of rotatable bonds is 4. The van der Waals surface area contributed by atoms with Crippen LogP contribution in [-0.4, -0.2) is 29.9 Å². The number of nitro benzene ring substituents is 1. The van der Waals surface area contributed by atoms with Gasteiger partial charge in [0.05, 0.1) is 15.2 Å². The Morgan fingerprint density at radius 1 is 1.16 bits per heavy atom. The van der Waals surface area contributed by atoms with Crippen LogP contribution in [0.5, 0.6) is 0 Å². The number of benzene rings is 2. The van der Waals surface area contributed by atoms with E-state index in [4.69, 9.17) is 23.2 Å². The molecule has 0 bridgehead atoms. The molecule has 1 saturated heterocycles. The first-order valence-electron chi connectivity index (χ1n) is 7.13. The van der Waals surface area contributed by atoms with Gasteiger partial charge in [-0.25, -0.2) is 8.42 Å². The highest BCUT2D eigenvalue weighted by atomic mass is 35.5. The zero-order valence-electron chi connectivity index (χ0n) is 12.6. The van der Waals surface area contributed by atoms with E-state index < -0.39 is 20.3 Å². The van der Waals surface area contributed by atoms with Crippen molar-refractivity contribution in [2.24, 2.45) is 0 Å². The Hall–Kier alpha value is -1.32. The molecule has 1 aliphatic rings. The maximum atomic E-state index is 13.0. The lowest BCUT2D eigenvalue weighted by Crippen LogP contribution is -2.30. The molecule has 0 aliphatic carbocycles. The molecule has 6 nitrogen and oxygen atoms in total. The molecule has 1 unspecified atom stereocenters. The number of non-ortho nitro benzene ring substituents is 1. The van der Waals surface area contributed by atoms with E-state index in [0.717, 1.165) is 0 Å². The van der Waals surface area contributed by atoms with Gasteiger partial charge in [0, 0.05) is 34.5 Å². The lowest BCUT2D eigenvalue weighted by molar-refractivity contribution is -0.384. The van der Waals surface area contributed by atoms with Gasteiger partial charge in [-0.2, -0.15) is 4.31 Å². The topological polar surface area (TPSA) is 80.5 Å². The molecule has 0 aromatic heterocycles. The molecule has 0 saturated carbocycles. The van der Waals surface area contributed by atoms with Crippen molar-refractivity contribution >= 4 is 50.7 Å². The molecule has 25 heavy (non-hydrogen) atoms. The quantitative estimate of drug-likeness (QED) is 0.544. The first-order valence-corrected chi connectivity index (χ1v) is 10.4. The van der Waals surface area contributed by atoms with Crippen LogP contribution in [0.2, 0.25) is 10.0 Å². The van der Waals surface area contributed by atoms with Gasteiger partial charge >= 0.3 is 0 Å². The number of sulfonamides is 1. The summed E-state index contributed by atoms with van der Waals surface area (Å²) in [5, 5.41) is 11.1. The molecular formula is C15H12Cl2N2O4S2. The fourth-order valence-electron chi connectivity index (χ4n) is 2.52. The van der Waals surface area contributed by atoms with E-state index in [0.29, 0.717) is 27.9 Å². The molecule has 1 aliphatic heterocycles. The maximum Gasteiger partial charge on any atom is 0.269 e. The molecular weight excluding hydrogens is 407 g/mol. The van der Waals surface area contributed by atoms with Gasteiger partial charge in [0.15, 0.2) is 0 Å². The van der Waals surface area contributed by atoms with Gasteiger partial charge in [-0.3, -0.25) is 10.1 Å². The van der Waals surface area contributed by atoms with Gasteiger partial charge in [0.1, 0.15) is 0 Å². The summed E-state index contributed by atoms with van der Waals surface area (Å²) >= 11 is 13.6. The average molecular weight is 419 g/mol. The van der Waals surface area contributed by atoms with E-state index in [-0.39, 0.29) is 10.6 Å². The predicted octanol–water partition coefficient (Wildman–Crippen LogP) is 4.34. The summed E-state index contributed by atoms with van der Waals surface area (Å²) in [5.41, 5.74) is 0.506. The normalized spacial score (nSPS) is 18.4. The maximum absolute atomic E-state index is 13.0. The lowest BCUT2D eigenvalue weighted by Gasteiger charge is -2.24. The van der Waals surface area contributed by atoms with Gasteiger partial charge in [0.25, 0.3) is 5.69 Å². The Morgan fingerprint density at radius 2 is 1.84 bits per heavy atom. The number of nitrogens with zero attached hydrogens (tertiary/aromatic N) is 2. The molecule has 3 rings (SSSR count). The summed E-state index contributed by atoms with van der Waals surface area (Å²) in [7, 11) is -3.81. The molecule has 2 aromatic carbocycles. The van der Waals surface area contributed by atoms with Crippen LogP contribution in [-0.2, 0) is 10.0 Å². The summed E-state index contributed by atoms with van der Waals surface area (Å²) in [6.45, 7) is 0.327. The number of nitro groups is 1. The van der Waals surface area contributed by atoms with E-state index in [1.165, 1.54) is 40.3 Å². The van der Waals surface area contributed by atoms with Crippen LogP contribution in [0.3, 0.4) is 0 Å². The number of halogens is 2. The van der Waals surface area contributed by atoms with Crippen molar-refractivity contribution in [1.29, 1.82) is 0 Å². The van der Waals surface area contributed by atoms with E-state index >= 15 is 0 Å². The van der Waals surface area contributed by atoms with Crippen LogP contribution in [0.15, 0.2) is 47.4 Å². The zero-order chi connectivity index (χ0) is 18.2. The molecule has 1 heterocycles. The Kier molecular flexibility index (Phi) is 5.26. The summed E-state index contributed by atoms with van der Waals surface area (Å²) in [4.78, 5) is 10.2. The second-order valence-corrected chi connectivity index (χ2v) is 9.18. The molecule has 1 atom stereocenters. The monoisotopic (exact) mass is 418 g/mol. The van der Waals surface area contributed by atoms with Crippen molar-refractivity contribution in [3.63, 3.8) is 0 Å². The van der Waals surface area contributed by atoms with Crippen molar-refractivity contribution < 1.29 is 13.3 Å². The molecule has 10 heteroatoms. The third-order valence-corrected chi connectivity index (χ3v) is 7.55. The summed E-state index contributed by atoms with van der Waals surface area (Å²) in [6.07, 6.45) is 0. The van der Waals surface area contributed by atoms with Gasteiger partial charge in [-0.05, 0) is 29.8 Å². The average Bonchev–Trinajstić information content (AvgIpc) is 3.05. The van der Waals surface area contributed by atoms with E-state index in [1.54, 1.807) is 18.2 Å². The molecule has 0 N–H and O–H groups in total. The second kappa shape index (κ2) is 7.13. The number of hydrogen-bond donors (Lipinski definition) is 0. The van der Waals surface area contributed by atoms with Crippen LogP contribution < -0.4 is 0 Å². The molecule has 1 fully saturated rings. The summed E-state index contributed by atoms with van der Waals surface area (Å²) < 4.78 is 27.3. The van der Waals surface area contributed by atoms with Crippen LogP contribution in [0.25, 0.3) is 0 Å². The van der Waals surface area contributed by atoms with Crippen LogP contribution in [0, 0.1) is 10.1 Å². The molecule has 2 aromatic rings. The molecule has 0 radical (unpaired) electrons. The number of thioether (sulfide) groups is 1. The highest BCUT2D eigenvalue weighted by molar-refractivity contribution is 8.01. The van der Waals surface area contributed by atoms with Crippen molar-refractivity contribution in [2.45, 2.75) is 10.3 Å². The summed E-state index contributed by atoms with van der Waals surface area (Å²) in [5.74, 6) is 0.621. The van der Waals surface area contributed by atoms with Gasteiger partial charge in [-0.15, -0.1) is 11.8 Å². The SMILES string of the molecule is O=[N+]([O-])c1ccc(S(=O)(=O)N2CCSC2c2ccc(Cl)cc2Cl)cc1. The van der Waals surface area contributed by atoms with Gasteiger partial charge < -0.3 is 0 Å². The zero-order valence-corrected chi connectivity index (χ0v) is 15.8. The van der Waals surface area contributed by atoms with Crippen molar-refractivity contribution in [2.75, 3.05) is 12.3 Å². The first-order chi connectivity index (χ1) is 11.8. The minimum Gasteiger partial charge on any atom is -0.258 e. The van der Waals surface area contributed by atoms with Gasteiger partial charge in [-0.1, -0.05) is 29.3 Å². The predicted molar refractivity (Wildman–Crippen MR) is 98.6 cm³/mol. The van der Waals surface area contributed by atoms with E-state index in [1.807, 2.05) is 0 Å². The molecule has 0 spiro atoms. The molecule has 132 valence electrons. The fraction of sp³-hybridized carbons (Fsp3) is 0.200. The Morgan fingerprint density at radius 3 is 2.44 bits per heavy atom. The minimum atomic E-state index is -3.81. The molecule has 0 amide bonds. The Balaban J connectivity index is 1.96. The Labute approximate surface area is 158 Å². The minimum absolute atomic E-state index is 0.00989. The lowest BCUT2D eigenvalue weighted by atomic mass is 10.2. The van der Waals surface area contributed by atoms with Crippen molar-refractivity contribution in [3.8, 4) is 0 Å². The van der Waals surface area contributed by atoms with Crippen LogP contribution >= 0.6 is 35.0 Å². The third kappa shape index (κ3) is 3.63. The van der Waals surface area contributed by atoms with Gasteiger partial charge in [0.2, 0.25) is 10.0 Å². The van der Waals surface area contributed by atoms with E-state index in [9.17, 15) is 18.5 Å². The van der Waals surface area contributed by atoms with Crippen LogP contribution in [0.1, 0.15) is 10.9 Å². The van der Waals surface area contributed by atoms with Crippen LogP contribution in [0.4, 0.5) is 5.69 Å². The second-order valence-electron chi connectivity index (χ2n) is 5.26. The highest BCUT2D eigenvalue weighted by Crippen LogP contribution is 2.44. The van der Waals surface area contributed by atoms with E-state index in [2.05, 4.69) is 0 Å². The number of hydrogen-bond acceptors (Lipinski definition) is 5. The van der Waals surface area contributed by atoms with Crippen molar-refractivity contribution in [1.82, 2.24) is 4.31 Å². The fourth-order valence-corrected chi connectivity index (χ4v) is 6.37. The highest BCUT2D eigenvalue weighted by Gasteiger charge is 2.37. The summed E-state index contributed by atoms with van der Waals surface area (Å²) in [6, 6.07) is 9.81. The third-order valence-electron chi connectivity index (χ3n) is 3.73. The standard InChI is InChI=1S/C15H12Cl2N2O4S2/c16-10-1-6-13(14(17)9-10)15-18(7-8-24-15)25(22,23)12-4-2-11(3-5-12)19(20)21/h1-6,9,15H,7-8H2. The first kappa shape index (κ1) is 18.5. The smallest absolute Gasteiger partial charge is 0.258 e. The largest absolute Gasteiger partial charge is 0.269 e.